The van der Waals surface area contributed by atoms with Crippen LogP contribution < -0.4 is 5.48 Å². The van der Waals surface area contributed by atoms with Crippen LogP contribution >= 0.6 is 0 Å². The van der Waals surface area contributed by atoms with Crippen LogP contribution in [0.2, 0.25) is 0 Å². The van der Waals surface area contributed by atoms with Gasteiger partial charge < -0.3 is 0 Å². The highest BCUT2D eigenvalue weighted by Gasteiger charge is 2.48. The Kier molecular flexibility index (Phi) is 7.49. The number of hydrogen-bond acceptors (Lipinski definition) is 5. The number of nitrogens with zero attached hydrogens (tertiary/aromatic N) is 1. The Bertz CT molecular complexity index is 1250. The van der Waals surface area contributed by atoms with Crippen LogP contribution in [-0.4, -0.2) is 30.3 Å². The summed E-state index contributed by atoms with van der Waals surface area (Å²) in [5.41, 5.74) is 6.47. The van der Waals surface area contributed by atoms with Crippen molar-refractivity contribution in [3.8, 4) is 0 Å². The van der Waals surface area contributed by atoms with Crippen molar-refractivity contribution in [2.75, 3.05) is 5.75 Å². The molecule has 4 rings (SSSR count). The van der Waals surface area contributed by atoms with E-state index in [4.69, 9.17) is 10.2 Å². The maximum absolute atomic E-state index is 13.1. The second kappa shape index (κ2) is 9.97. The first-order valence-corrected chi connectivity index (χ1v) is 12.7. The van der Waals surface area contributed by atoms with Crippen LogP contribution in [0.1, 0.15) is 55.0 Å². The molecule has 2 aromatic carbocycles. The van der Waals surface area contributed by atoms with Gasteiger partial charge in [0.05, 0.1) is 17.7 Å². The molecule has 1 amide bonds. The highest BCUT2D eigenvalue weighted by Crippen LogP contribution is 2.43. The molecule has 1 aliphatic rings. The molecule has 0 saturated carbocycles. The van der Waals surface area contributed by atoms with Crippen LogP contribution in [0.25, 0.3) is 10.9 Å². The van der Waals surface area contributed by atoms with Gasteiger partial charge in [0, 0.05) is 11.1 Å². The summed E-state index contributed by atoms with van der Waals surface area (Å²) in [6.07, 6.45) is 2.97. The lowest BCUT2D eigenvalue weighted by molar-refractivity contribution is -0.130. The molecule has 0 bridgehead atoms. The second-order valence-corrected chi connectivity index (χ2v) is 10.9. The van der Waals surface area contributed by atoms with Gasteiger partial charge in [-0.2, -0.15) is 0 Å². The van der Waals surface area contributed by atoms with Gasteiger partial charge in [0.25, 0.3) is 0 Å². The third-order valence-corrected chi connectivity index (χ3v) is 9.10. The largest absolute Gasteiger partial charge is 0.289 e. The fourth-order valence-electron chi connectivity index (χ4n) is 4.76. The normalized spacial score (nSPS) is 19.6. The predicted octanol–water partition coefficient (Wildman–Crippen LogP) is 4.23. The molecule has 0 spiro atoms. The van der Waals surface area contributed by atoms with Crippen molar-refractivity contribution >= 4 is 26.6 Å². The monoisotopic (exact) mass is 472 g/mol. The fraction of sp³-hybridized carbons (Fsp3) is 0.360. The Hall–Kier alpha value is -2.84. The zero-order valence-corrected chi connectivity index (χ0v) is 19.4. The number of rotatable bonds is 6. The maximum atomic E-state index is 13.1. The SMILES string of the molecule is CCc1cc(Cc2ccc(C3(CC(=O)NO)CCCCS3(=O)=O)cc2)c2ccccc2n1.F. The number of nitrogens with one attached hydrogen (secondary N) is 1. The molecule has 3 aromatic rings. The van der Waals surface area contributed by atoms with Gasteiger partial charge in [0.15, 0.2) is 9.84 Å². The first-order valence-electron chi connectivity index (χ1n) is 11.0. The zero-order chi connectivity index (χ0) is 22.8. The van der Waals surface area contributed by atoms with Crippen molar-refractivity contribution < 1.29 is 23.1 Å². The van der Waals surface area contributed by atoms with Crippen LogP contribution in [-0.2, 0) is 32.2 Å². The topological polar surface area (TPSA) is 96.4 Å². The number of amides is 1. The van der Waals surface area contributed by atoms with E-state index in [0.29, 0.717) is 24.8 Å². The number of aromatic nitrogens is 1. The quantitative estimate of drug-likeness (QED) is 0.413. The van der Waals surface area contributed by atoms with Crippen molar-refractivity contribution in [1.29, 1.82) is 0 Å². The van der Waals surface area contributed by atoms with E-state index in [1.165, 1.54) is 5.56 Å². The third kappa shape index (κ3) is 4.77. The van der Waals surface area contributed by atoms with Crippen LogP contribution in [0.4, 0.5) is 4.70 Å². The number of carbonyl (C=O) groups excluding carboxylic acids is 1. The molecule has 0 aliphatic carbocycles. The fourth-order valence-corrected chi connectivity index (χ4v) is 7.04. The Labute approximate surface area is 193 Å². The van der Waals surface area contributed by atoms with Crippen molar-refractivity contribution in [2.24, 2.45) is 0 Å². The molecule has 1 unspecified atom stereocenters. The molecular weight excluding hydrogens is 443 g/mol. The van der Waals surface area contributed by atoms with Gasteiger partial charge in [-0.25, -0.2) is 13.9 Å². The standard InChI is InChI=1S/C25H28N2O4S.FH/c1-2-21-16-19(22-7-3-4-8-23(22)26-21)15-18-9-11-20(12-10-18)25(17-24(28)27-29)13-5-6-14-32(25,30)31;/h3-4,7-12,16,29H,2,5-6,13-15,17H2,1H3,(H,27,28);1H. The number of pyridine rings is 1. The summed E-state index contributed by atoms with van der Waals surface area (Å²) in [7, 11) is -3.53. The van der Waals surface area contributed by atoms with Crippen molar-refractivity contribution in [2.45, 2.75) is 50.2 Å². The smallest absolute Gasteiger partial charge is 0.245 e. The van der Waals surface area contributed by atoms with E-state index in [1.54, 1.807) is 5.48 Å². The molecule has 33 heavy (non-hydrogen) atoms. The van der Waals surface area contributed by atoms with E-state index in [1.807, 2.05) is 42.5 Å². The van der Waals surface area contributed by atoms with E-state index in [9.17, 15) is 13.2 Å². The van der Waals surface area contributed by atoms with Gasteiger partial charge in [0.1, 0.15) is 4.75 Å². The van der Waals surface area contributed by atoms with E-state index in [-0.39, 0.29) is 16.9 Å². The van der Waals surface area contributed by atoms with Gasteiger partial charge in [-0.3, -0.25) is 19.7 Å². The highest BCUT2D eigenvalue weighted by atomic mass is 32.2. The molecule has 176 valence electrons. The van der Waals surface area contributed by atoms with Crippen molar-refractivity contribution in [3.63, 3.8) is 0 Å². The number of sulfone groups is 1. The lowest BCUT2D eigenvalue weighted by atomic mass is 9.87. The number of fused-ring (bicyclic) bond motifs is 1. The lowest BCUT2D eigenvalue weighted by Crippen LogP contribution is -2.44. The zero-order valence-electron chi connectivity index (χ0n) is 18.6. The molecule has 6 nitrogen and oxygen atoms in total. The molecule has 1 fully saturated rings. The molecule has 0 radical (unpaired) electrons. The summed E-state index contributed by atoms with van der Waals surface area (Å²) in [5, 5.41) is 10.1. The number of hydrogen-bond donors (Lipinski definition) is 2. The summed E-state index contributed by atoms with van der Waals surface area (Å²) in [6, 6.07) is 17.8. The van der Waals surface area contributed by atoms with E-state index < -0.39 is 20.5 Å². The number of hydroxylamine groups is 1. The van der Waals surface area contributed by atoms with Crippen LogP contribution in [0, 0.1) is 0 Å². The first kappa shape index (κ1) is 24.8. The molecule has 2 heterocycles. The Morgan fingerprint density at radius 2 is 1.85 bits per heavy atom. The molecule has 2 N–H and O–H groups in total. The third-order valence-electron chi connectivity index (χ3n) is 6.50. The predicted molar refractivity (Wildman–Crippen MR) is 127 cm³/mol. The lowest BCUT2D eigenvalue weighted by Gasteiger charge is -2.36. The van der Waals surface area contributed by atoms with Gasteiger partial charge in [-0.05, 0) is 54.5 Å². The van der Waals surface area contributed by atoms with Crippen molar-refractivity contribution in [1.82, 2.24) is 10.5 Å². The summed E-state index contributed by atoms with van der Waals surface area (Å²) in [4.78, 5) is 16.7. The van der Waals surface area contributed by atoms with E-state index >= 15 is 0 Å². The highest BCUT2D eigenvalue weighted by molar-refractivity contribution is 7.92. The number of aryl methyl sites for hydroxylation is 1. The molecule has 1 aliphatic heterocycles. The molecule has 1 atom stereocenters. The van der Waals surface area contributed by atoms with Crippen LogP contribution in [0.5, 0.6) is 0 Å². The number of benzene rings is 2. The van der Waals surface area contributed by atoms with Crippen molar-refractivity contribution in [3.05, 3.63) is 77.0 Å². The summed E-state index contributed by atoms with van der Waals surface area (Å²) >= 11 is 0. The summed E-state index contributed by atoms with van der Waals surface area (Å²) in [6.45, 7) is 2.09. The number of para-hydroxylation sites is 1. The summed E-state index contributed by atoms with van der Waals surface area (Å²) in [5.74, 6) is -0.633. The Morgan fingerprint density at radius 3 is 2.52 bits per heavy atom. The van der Waals surface area contributed by atoms with Crippen LogP contribution in [0.3, 0.4) is 0 Å². The van der Waals surface area contributed by atoms with E-state index in [2.05, 4.69) is 19.1 Å². The minimum atomic E-state index is -3.53. The van der Waals surface area contributed by atoms with Gasteiger partial charge in [0.2, 0.25) is 5.91 Å². The first-order chi connectivity index (χ1) is 15.4. The molecule has 8 heteroatoms. The molecular formula is C25H29FN2O4S. The Balaban J connectivity index is 0.00000306. The maximum Gasteiger partial charge on any atom is 0.245 e. The minimum Gasteiger partial charge on any atom is -0.289 e. The van der Waals surface area contributed by atoms with Gasteiger partial charge >= 0.3 is 0 Å². The second-order valence-electron chi connectivity index (χ2n) is 8.50. The van der Waals surface area contributed by atoms with Gasteiger partial charge in [-0.1, -0.05) is 55.8 Å². The summed E-state index contributed by atoms with van der Waals surface area (Å²) < 4.78 is 24.9. The van der Waals surface area contributed by atoms with E-state index in [0.717, 1.165) is 35.0 Å². The molecule has 1 aromatic heterocycles. The minimum absolute atomic E-state index is 0. The Morgan fingerprint density at radius 1 is 1.12 bits per heavy atom. The number of halogens is 1. The van der Waals surface area contributed by atoms with Crippen LogP contribution in [0.15, 0.2) is 54.6 Å². The average Bonchev–Trinajstić information content (AvgIpc) is 2.80. The van der Waals surface area contributed by atoms with Gasteiger partial charge in [-0.15, -0.1) is 0 Å². The number of carbonyl (C=O) groups is 1. The average molecular weight is 473 g/mol. The molecule has 1 saturated heterocycles.